The minimum absolute atomic E-state index is 0.00834. The SMILES string of the molecule is CCN(CC)CCN(CC(=O)N1CCN(c2ccc(-c3ccc(-c4ccccc4)cc3)nn2)CC1)C(=O)Cc1ccccc1. The van der Waals surface area contributed by atoms with Gasteiger partial charge in [-0.05, 0) is 41.9 Å². The third kappa shape index (κ3) is 8.08. The van der Waals surface area contributed by atoms with Crippen LogP contribution in [0.2, 0.25) is 0 Å². The molecule has 3 aromatic carbocycles. The minimum Gasteiger partial charge on any atom is -0.352 e. The summed E-state index contributed by atoms with van der Waals surface area (Å²) in [6.07, 6.45) is 0.298. The zero-order chi connectivity index (χ0) is 30.7. The number of anilines is 1. The van der Waals surface area contributed by atoms with Crippen LogP contribution in [0.15, 0.2) is 97.1 Å². The molecular weight excluding hydrogens is 548 g/mol. The number of aromatic nitrogens is 2. The van der Waals surface area contributed by atoms with Gasteiger partial charge in [0, 0.05) is 44.8 Å². The van der Waals surface area contributed by atoms with Crippen molar-refractivity contribution in [2.24, 2.45) is 0 Å². The molecule has 5 rings (SSSR count). The van der Waals surface area contributed by atoms with Crippen LogP contribution in [-0.4, -0.2) is 95.6 Å². The molecule has 0 spiro atoms. The second-order valence-electron chi connectivity index (χ2n) is 11.1. The summed E-state index contributed by atoms with van der Waals surface area (Å²) in [5, 5.41) is 9.01. The number of carbonyl (C=O) groups excluding carboxylic acids is 2. The normalized spacial score (nSPS) is 13.2. The van der Waals surface area contributed by atoms with Crippen LogP contribution in [0.4, 0.5) is 5.82 Å². The molecule has 44 heavy (non-hydrogen) atoms. The van der Waals surface area contributed by atoms with Crippen molar-refractivity contribution in [1.82, 2.24) is 24.9 Å². The van der Waals surface area contributed by atoms with Crippen molar-refractivity contribution >= 4 is 17.6 Å². The van der Waals surface area contributed by atoms with E-state index in [0.29, 0.717) is 39.1 Å². The van der Waals surface area contributed by atoms with E-state index in [2.05, 4.69) is 70.2 Å². The van der Waals surface area contributed by atoms with E-state index < -0.39 is 0 Å². The Hall–Kier alpha value is -4.56. The van der Waals surface area contributed by atoms with Crippen molar-refractivity contribution in [2.45, 2.75) is 20.3 Å². The van der Waals surface area contributed by atoms with E-state index in [0.717, 1.165) is 42.3 Å². The number of nitrogens with zero attached hydrogens (tertiary/aromatic N) is 6. The Morgan fingerprint density at radius 1 is 0.682 bits per heavy atom. The van der Waals surface area contributed by atoms with Crippen LogP contribution in [-0.2, 0) is 16.0 Å². The summed E-state index contributed by atoms with van der Waals surface area (Å²) >= 11 is 0. The zero-order valence-electron chi connectivity index (χ0n) is 25.8. The van der Waals surface area contributed by atoms with Crippen molar-refractivity contribution in [2.75, 3.05) is 63.8 Å². The van der Waals surface area contributed by atoms with Gasteiger partial charge in [-0.15, -0.1) is 10.2 Å². The maximum absolute atomic E-state index is 13.4. The molecule has 0 atom stereocenters. The lowest BCUT2D eigenvalue weighted by molar-refractivity contribution is -0.140. The maximum Gasteiger partial charge on any atom is 0.242 e. The van der Waals surface area contributed by atoms with E-state index >= 15 is 0 Å². The zero-order valence-corrected chi connectivity index (χ0v) is 25.8. The first-order valence-electron chi connectivity index (χ1n) is 15.6. The van der Waals surface area contributed by atoms with Gasteiger partial charge in [-0.25, -0.2) is 0 Å². The van der Waals surface area contributed by atoms with Gasteiger partial charge in [0.15, 0.2) is 5.82 Å². The number of rotatable bonds is 12. The molecule has 0 saturated carbocycles. The summed E-state index contributed by atoms with van der Waals surface area (Å²) in [6.45, 7) is 9.96. The number of amides is 2. The van der Waals surface area contributed by atoms with E-state index in [-0.39, 0.29) is 18.4 Å². The Balaban J connectivity index is 1.15. The van der Waals surface area contributed by atoms with Gasteiger partial charge < -0.3 is 19.6 Å². The third-order valence-corrected chi connectivity index (χ3v) is 8.35. The monoisotopic (exact) mass is 590 g/mol. The van der Waals surface area contributed by atoms with Gasteiger partial charge in [0.1, 0.15) is 0 Å². The van der Waals surface area contributed by atoms with Gasteiger partial charge >= 0.3 is 0 Å². The molecule has 1 fully saturated rings. The molecule has 0 aliphatic carbocycles. The van der Waals surface area contributed by atoms with Crippen LogP contribution in [0.5, 0.6) is 0 Å². The number of hydrogen-bond donors (Lipinski definition) is 0. The lowest BCUT2D eigenvalue weighted by Gasteiger charge is -2.36. The summed E-state index contributed by atoms with van der Waals surface area (Å²) in [4.78, 5) is 34.7. The highest BCUT2D eigenvalue weighted by Gasteiger charge is 2.26. The first kappa shape index (κ1) is 30.9. The Kier molecular flexibility index (Phi) is 10.7. The predicted octanol–water partition coefficient (Wildman–Crippen LogP) is 4.87. The molecule has 0 unspecified atom stereocenters. The number of benzene rings is 3. The quantitative estimate of drug-likeness (QED) is 0.234. The van der Waals surface area contributed by atoms with E-state index in [1.807, 2.05) is 65.6 Å². The number of carbonyl (C=O) groups is 2. The van der Waals surface area contributed by atoms with Crippen LogP contribution in [0.25, 0.3) is 22.4 Å². The topological polar surface area (TPSA) is 72.9 Å². The van der Waals surface area contributed by atoms with Crippen LogP contribution in [0.1, 0.15) is 19.4 Å². The fourth-order valence-electron chi connectivity index (χ4n) is 5.54. The maximum atomic E-state index is 13.4. The van der Waals surface area contributed by atoms with Gasteiger partial charge in [-0.3, -0.25) is 9.59 Å². The Labute approximate surface area is 260 Å². The lowest BCUT2D eigenvalue weighted by Crippen LogP contribution is -2.52. The summed E-state index contributed by atoms with van der Waals surface area (Å²) in [5.41, 5.74) is 5.16. The van der Waals surface area contributed by atoms with Gasteiger partial charge in [0.2, 0.25) is 11.8 Å². The van der Waals surface area contributed by atoms with Crippen molar-refractivity contribution in [3.8, 4) is 22.4 Å². The molecule has 1 aromatic heterocycles. The molecule has 8 nitrogen and oxygen atoms in total. The minimum atomic E-state index is -0.0135. The first-order chi connectivity index (χ1) is 21.5. The molecule has 2 amide bonds. The highest BCUT2D eigenvalue weighted by molar-refractivity contribution is 5.86. The molecule has 1 aliphatic heterocycles. The fourth-order valence-corrected chi connectivity index (χ4v) is 5.54. The van der Waals surface area contributed by atoms with E-state index in [9.17, 15) is 9.59 Å². The Bertz CT molecular complexity index is 1470. The highest BCUT2D eigenvalue weighted by Crippen LogP contribution is 2.24. The van der Waals surface area contributed by atoms with Crippen molar-refractivity contribution in [3.63, 3.8) is 0 Å². The van der Waals surface area contributed by atoms with Gasteiger partial charge in [0.05, 0.1) is 18.7 Å². The average molecular weight is 591 g/mol. The van der Waals surface area contributed by atoms with Gasteiger partial charge in [0.25, 0.3) is 0 Å². The fraction of sp³-hybridized carbons (Fsp3) is 0.333. The molecule has 4 aromatic rings. The Morgan fingerprint density at radius 3 is 1.91 bits per heavy atom. The van der Waals surface area contributed by atoms with E-state index in [1.54, 1.807) is 4.90 Å². The summed E-state index contributed by atoms with van der Waals surface area (Å²) in [6, 6.07) is 32.4. The molecule has 228 valence electrons. The molecule has 0 radical (unpaired) electrons. The number of piperazine rings is 1. The van der Waals surface area contributed by atoms with Crippen molar-refractivity contribution < 1.29 is 9.59 Å². The van der Waals surface area contributed by atoms with Crippen LogP contribution >= 0.6 is 0 Å². The molecular formula is C36H42N6O2. The number of hydrogen-bond acceptors (Lipinski definition) is 6. The second-order valence-corrected chi connectivity index (χ2v) is 11.1. The van der Waals surface area contributed by atoms with Crippen molar-refractivity contribution in [1.29, 1.82) is 0 Å². The summed E-state index contributed by atoms with van der Waals surface area (Å²) in [5.74, 6) is 0.784. The molecule has 1 aliphatic rings. The third-order valence-electron chi connectivity index (χ3n) is 8.35. The lowest BCUT2D eigenvalue weighted by atomic mass is 10.0. The Morgan fingerprint density at radius 2 is 1.30 bits per heavy atom. The van der Waals surface area contributed by atoms with E-state index in [1.165, 1.54) is 11.1 Å². The van der Waals surface area contributed by atoms with Crippen LogP contribution < -0.4 is 4.90 Å². The molecule has 1 saturated heterocycles. The average Bonchev–Trinajstić information content (AvgIpc) is 3.09. The second kappa shape index (κ2) is 15.3. The van der Waals surface area contributed by atoms with Crippen LogP contribution in [0.3, 0.4) is 0 Å². The first-order valence-corrected chi connectivity index (χ1v) is 15.6. The molecule has 0 bridgehead atoms. The molecule has 8 heteroatoms. The van der Waals surface area contributed by atoms with Crippen LogP contribution in [0, 0.1) is 0 Å². The predicted molar refractivity (Wildman–Crippen MR) is 176 cm³/mol. The van der Waals surface area contributed by atoms with E-state index in [4.69, 9.17) is 0 Å². The van der Waals surface area contributed by atoms with Gasteiger partial charge in [-0.2, -0.15) is 0 Å². The van der Waals surface area contributed by atoms with Crippen molar-refractivity contribution in [3.05, 3.63) is 103 Å². The molecule has 0 N–H and O–H groups in total. The molecule has 2 heterocycles. The smallest absolute Gasteiger partial charge is 0.242 e. The number of likely N-dealkylation sites (N-methyl/N-ethyl adjacent to an activating group) is 1. The summed E-state index contributed by atoms with van der Waals surface area (Å²) in [7, 11) is 0. The van der Waals surface area contributed by atoms with Gasteiger partial charge in [-0.1, -0.05) is 98.8 Å². The standard InChI is InChI=1S/C36H42N6O2/c1-3-39(4-2)21-22-42(35(43)27-29-11-7-5-8-12-29)28-36(44)41-25-23-40(24-26-41)34-20-19-33(37-38-34)32-17-15-31(16-18-32)30-13-9-6-10-14-30/h5-20H,3-4,21-28H2,1-2H3. The highest BCUT2D eigenvalue weighted by atomic mass is 16.2. The summed E-state index contributed by atoms with van der Waals surface area (Å²) < 4.78 is 0. The largest absolute Gasteiger partial charge is 0.352 e.